The van der Waals surface area contributed by atoms with Gasteiger partial charge in [0, 0.05) is 48.3 Å². The average Bonchev–Trinajstić information content (AvgIpc) is 3.29. The van der Waals surface area contributed by atoms with Crippen LogP contribution in [0.25, 0.3) is 0 Å². The largest absolute Gasteiger partial charge is 0.485 e. The lowest BCUT2D eigenvalue weighted by Gasteiger charge is -2.34. The predicted molar refractivity (Wildman–Crippen MR) is 136 cm³/mol. The Labute approximate surface area is 211 Å². The molecule has 0 saturated carbocycles. The fraction of sp³-hybridized carbons (Fsp3) is 0.370. The maximum absolute atomic E-state index is 13.0. The van der Waals surface area contributed by atoms with Gasteiger partial charge in [-0.25, -0.2) is 0 Å². The van der Waals surface area contributed by atoms with Crippen LogP contribution in [0.5, 0.6) is 5.75 Å². The smallest absolute Gasteiger partial charge is 0.289 e. The van der Waals surface area contributed by atoms with E-state index in [1.54, 1.807) is 6.07 Å². The molecule has 0 spiro atoms. The first kappa shape index (κ1) is 24.6. The zero-order valence-corrected chi connectivity index (χ0v) is 21.3. The van der Waals surface area contributed by atoms with Crippen molar-refractivity contribution in [2.45, 2.75) is 39.8 Å². The highest BCUT2D eigenvalue weighted by Crippen LogP contribution is 2.29. The fourth-order valence-electron chi connectivity index (χ4n) is 4.13. The van der Waals surface area contributed by atoms with E-state index in [0.717, 1.165) is 35.5 Å². The highest BCUT2D eigenvalue weighted by Gasteiger charge is 2.25. The van der Waals surface area contributed by atoms with Gasteiger partial charge in [0.05, 0.1) is 0 Å². The lowest BCUT2D eigenvalue weighted by atomic mass is 10.0. The number of aryl methyl sites for hydroxylation is 1. The predicted octanol–water partition coefficient (Wildman–Crippen LogP) is 6.56. The Kier molecular flexibility index (Phi) is 7.87. The molecule has 0 unspecified atom stereocenters. The first-order chi connectivity index (χ1) is 16.3. The fourth-order valence-corrected chi connectivity index (χ4v) is 4.65. The van der Waals surface area contributed by atoms with Gasteiger partial charge < -0.3 is 14.1 Å². The van der Waals surface area contributed by atoms with Crippen LogP contribution in [0.1, 0.15) is 52.8 Å². The van der Waals surface area contributed by atoms with Crippen LogP contribution < -0.4 is 4.74 Å². The minimum atomic E-state index is -0.0971. The Morgan fingerprint density at radius 2 is 1.74 bits per heavy atom. The monoisotopic (exact) mass is 500 g/mol. The van der Waals surface area contributed by atoms with Crippen LogP contribution in [0.4, 0.5) is 0 Å². The number of ether oxygens (including phenoxy) is 1. The molecule has 1 fully saturated rings. The zero-order chi connectivity index (χ0) is 24.2. The van der Waals surface area contributed by atoms with Gasteiger partial charge in [0.2, 0.25) is 0 Å². The highest BCUT2D eigenvalue weighted by atomic mass is 35.5. The van der Waals surface area contributed by atoms with Crippen molar-refractivity contribution in [2.24, 2.45) is 0 Å². The summed E-state index contributed by atoms with van der Waals surface area (Å²) < 4.78 is 11.9. The number of benzene rings is 2. The van der Waals surface area contributed by atoms with E-state index in [1.807, 2.05) is 42.2 Å². The van der Waals surface area contributed by atoms with Gasteiger partial charge in [-0.1, -0.05) is 55.2 Å². The summed E-state index contributed by atoms with van der Waals surface area (Å²) in [5.74, 6) is 2.09. The summed E-state index contributed by atoms with van der Waals surface area (Å²) in [6.45, 7) is 10.0. The molecule has 5 nitrogen and oxygen atoms in total. The molecule has 34 heavy (non-hydrogen) atoms. The Hall–Kier alpha value is -2.47. The van der Waals surface area contributed by atoms with E-state index in [-0.39, 0.29) is 12.5 Å². The molecule has 0 atom stereocenters. The highest BCUT2D eigenvalue weighted by molar-refractivity contribution is 6.35. The molecule has 7 heteroatoms. The molecule has 180 valence electrons. The molecule has 0 radical (unpaired) electrons. The summed E-state index contributed by atoms with van der Waals surface area (Å²) in [5, 5.41) is 1.34. The van der Waals surface area contributed by atoms with Gasteiger partial charge in [-0.2, -0.15) is 0 Å². The second-order valence-corrected chi connectivity index (χ2v) is 9.83. The molecule has 4 rings (SSSR count). The van der Waals surface area contributed by atoms with Crippen molar-refractivity contribution in [3.05, 3.63) is 86.8 Å². The Balaban J connectivity index is 1.32. The Bertz CT molecular complexity index is 1130. The molecule has 2 aromatic carbocycles. The van der Waals surface area contributed by atoms with Gasteiger partial charge >= 0.3 is 0 Å². The van der Waals surface area contributed by atoms with Crippen LogP contribution in [-0.4, -0.2) is 41.9 Å². The van der Waals surface area contributed by atoms with Crippen LogP contribution in [0, 0.1) is 6.92 Å². The number of furan rings is 1. The molecular formula is C27H30Cl2N2O3. The minimum absolute atomic E-state index is 0.0971. The van der Waals surface area contributed by atoms with Gasteiger partial charge in [0.1, 0.15) is 18.1 Å². The number of hydrogen-bond acceptors (Lipinski definition) is 4. The molecule has 1 aliphatic heterocycles. The third-order valence-electron chi connectivity index (χ3n) is 6.14. The van der Waals surface area contributed by atoms with Crippen molar-refractivity contribution in [1.82, 2.24) is 9.80 Å². The van der Waals surface area contributed by atoms with Crippen molar-refractivity contribution in [1.29, 1.82) is 0 Å². The van der Waals surface area contributed by atoms with Gasteiger partial charge in [0.15, 0.2) is 5.76 Å². The molecule has 3 aromatic rings. The zero-order valence-electron chi connectivity index (χ0n) is 19.8. The van der Waals surface area contributed by atoms with Crippen LogP contribution in [0.3, 0.4) is 0 Å². The van der Waals surface area contributed by atoms with E-state index in [0.29, 0.717) is 47.1 Å². The molecule has 2 heterocycles. The maximum Gasteiger partial charge on any atom is 0.289 e. The quantitative estimate of drug-likeness (QED) is 0.368. The third kappa shape index (κ3) is 5.77. The van der Waals surface area contributed by atoms with E-state index in [9.17, 15) is 4.79 Å². The summed E-state index contributed by atoms with van der Waals surface area (Å²) in [7, 11) is 0. The molecule has 0 bridgehead atoms. The molecule has 1 aromatic heterocycles. The first-order valence-corrected chi connectivity index (χ1v) is 12.3. The minimum Gasteiger partial charge on any atom is -0.485 e. The van der Waals surface area contributed by atoms with E-state index in [4.69, 9.17) is 32.4 Å². The van der Waals surface area contributed by atoms with Crippen molar-refractivity contribution in [3.63, 3.8) is 0 Å². The number of carbonyl (C=O) groups is 1. The number of nitrogens with zero attached hydrogens (tertiary/aromatic N) is 2. The molecule has 1 amide bonds. The number of halogens is 2. The third-order valence-corrected chi connectivity index (χ3v) is 6.84. The topological polar surface area (TPSA) is 45.9 Å². The lowest BCUT2D eigenvalue weighted by Crippen LogP contribution is -2.48. The summed E-state index contributed by atoms with van der Waals surface area (Å²) in [6.07, 6.45) is 0. The summed E-state index contributed by atoms with van der Waals surface area (Å²) in [6, 6.07) is 15.3. The van der Waals surface area contributed by atoms with Crippen molar-refractivity contribution < 1.29 is 13.9 Å². The van der Waals surface area contributed by atoms with Gasteiger partial charge in [0.25, 0.3) is 5.91 Å². The van der Waals surface area contributed by atoms with E-state index in [1.165, 1.54) is 0 Å². The summed E-state index contributed by atoms with van der Waals surface area (Å²) in [5.41, 5.74) is 3.23. The molecule has 1 saturated heterocycles. The lowest BCUT2D eigenvalue weighted by molar-refractivity contribution is 0.0594. The SMILES string of the molecule is Cc1ccc(C(C)C)c(OCc2ccc(C(=O)N3CCN(Cc4c(Cl)cccc4Cl)CC3)o2)c1. The number of carbonyl (C=O) groups excluding carboxylic acids is 1. The summed E-state index contributed by atoms with van der Waals surface area (Å²) in [4.78, 5) is 17.1. The number of rotatable bonds is 7. The molecule has 0 aliphatic carbocycles. The summed E-state index contributed by atoms with van der Waals surface area (Å²) >= 11 is 12.6. The van der Waals surface area contributed by atoms with Crippen molar-refractivity contribution >= 4 is 29.1 Å². The van der Waals surface area contributed by atoms with Crippen LogP contribution >= 0.6 is 23.2 Å². The normalized spacial score (nSPS) is 14.6. The van der Waals surface area contributed by atoms with Crippen LogP contribution in [0.15, 0.2) is 52.9 Å². The second kappa shape index (κ2) is 10.9. The number of piperazine rings is 1. The van der Waals surface area contributed by atoms with Crippen molar-refractivity contribution in [3.8, 4) is 5.75 Å². The van der Waals surface area contributed by atoms with Gasteiger partial charge in [-0.3, -0.25) is 9.69 Å². The number of amides is 1. The van der Waals surface area contributed by atoms with Crippen molar-refractivity contribution in [2.75, 3.05) is 26.2 Å². The van der Waals surface area contributed by atoms with Crippen LogP contribution in [-0.2, 0) is 13.2 Å². The molecule has 0 N–H and O–H groups in total. The van der Waals surface area contributed by atoms with Gasteiger partial charge in [-0.05, 0) is 54.3 Å². The maximum atomic E-state index is 13.0. The van der Waals surface area contributed by atoms with Crippen LogP contribution in [0.2, 0.25) is 10.0 Å². The van der Waals surface area contributed by atoms with E-state index in [2.05, 4.69) is 30.9 Å². The second-order valence-electron chi connectivity index (χ2n) is 9.02. The van der Waals surface area contributed by atoms with Gasteiger partial charge in [-0.15, -0.1) is 0 Å². The first-order valence-electron chi connectivity index (χ1n) is 11.6. The standard InChI is InChI=1S/C27H30Cl2N2O3/c1-18(2)21-9-7-19(3)15-26(21)33-17-20-8-10-25(34-20)27(32)31-13-11-30(12-14-31)16-22-23(28)5-4-6-24(22)29/h4-10,15,18H,11-14,16-17H2,1-3H3. The Morgan fingerprint density at radius 3 is 2.41 bits per heavy atom. The average molecular weight is 501 g/mol. The molecule has 1 aliphatic rings. The van der Waals surface area contributed by atoms with E-state index < -0.39 is 0 Å². The van der Waals surface area contributed by atoms with E-state index >= 15 is 0 Å². The Morgan fingerprint density at radius 1 is 1.03 bits per heavy atom. The number of hydrogen-bond donors (Lipinski definition) is 0. The molecular weight excluding hydrogens is 471 g/mol.